The van der Waals surface area contributed by atoms with Crippen LogP contribution in [0.5, 0.6) is 0 Å². The molecule has 0 spiro atoms. The van der Waals surface area contributed by atoms with Crippen LogP contribution in [0.25, 0.3) is 0 Å². The number of aromatic nitrogens is 3. The molecule has 134 valence electrons. The third kappa shape index (κ3) is 4.91. The molecule has 0 aliphatic carbocycles. The van der Waals surface area contributed by atoms with Gasteiger partial charge in [-0.25, -0.2) is 0 Å². The van der Waals surface area contributed by atoms with E-state index in [1.165, 1.54) is 31.2 Å². The van der Waals surface area contributed by atoms with Crippen LogP contribution in [0.1, 0.15) is 38.2 Å². The summed E-state index contributed by atoms with van der Waals surface area (Å²) in [5.41, 5.74) is 1.45. The summed E-state index contributed by atoms with van der Waals surface area (Å²) in [5.74, 6) is 2.46. The van der Waals surface area contributed by atoms with Gasteiger partial charge in [0, 0.05) is 26.7 Å². The van der Waals surface area contributed by atoms with E-state index in [4.69, 9.17) is 4.98 Å². The summed E-state index contributed by atoms with van der Waals surface area (Å²) in [5, 5.41) is 8.38. The maximum absolute atomic E-state index is 4.74. The largest absolute Gasteiger partial charge is 0.355 e. The lowest BCUT2D eigenvalue weighted by Crippen LogP contribution is -2.35. The molecular weight excluding hydrogens is 310 g/mol. The van der Waals surface area contributed by atoms with Crippen molar-refractivity contribution in [2.75, 3.05) is 36.5 Å². The minimum atomic E-state index is 0.734. The van der Waals surface area contributed by atoms with Gasteiger partial charge in [0.25, 0.3) is 0 Å². The summed E-state index contributed by atoms with van der Waals surface area (Å²) in [6.07, 6.45) is 7.72. The molecule has 3 rings (SSSR count). The Morgan fingerprint density at radius 1 is 1.16 bits per heavy atom. The van der Waals surface area contributed by atoms with Crippen molar-refractivity contribution in [3.05, 3.63) is 42.1 Å². The van der Waals surface area contributed by atoms with Gasteiger partial charge in [-0.1, -0.05) is 43.7 Å². The van der Waals surface area contributed by atoms with Crippen molar-refractivity contribution in [3.8, 4) is 0 Å². The summed E-state index contributed by atoms with van der Waals surface area (Å²) in [4.78, 5) is 9.19. The predicted molar refractivity (Wildman–Crippen MR) is 103 cm³/mol. The quantitative estimate of drug-likeness (QED) is 0.772. The number of piperidine rings is 1. The number of hydrogen-bond donors (Lipinski definition) is 0. The topological polar surface area (TPSA) is 45.2 Å². The first-order chi connectivity index (χ1) is 12.3. The van der Waals surface area contributed by atoms with Gasteiger partial charge in [0.2, 0.25) is 5.95 Å². The van der Waals surface area contributed by atoms with Gasteiger partial charge in [0.05, 0.1) is 6.20 Å². The molecule has 0 radical (unpaired) electrons. The Labute approximate surface area is 151 Å². The van der Waals surface area contributed by atoms with Crippen molar-refractivity contribution in [1.29, 1.82) is 0 Å². The van der Waals surface area contributed by atoms with Gasteiger partial charge in [-0.15, -0.1) is 5.10 Å². The van der Waals surface area contributed by atoms with Crippen LogP contribution in [-0.2, 0) is 6.42 Å². The van der Waals surface area contributed by atoms with Crippen molar-refractivity contribution in [1.82, 2.24) is 15.2 Å². The molecule has 0 amide bonds. The highest BCUT2D eigenvalue weighted by Crippen LogP contribution is 2.25. The first kappa shape index (κ1) is 17.6. The van der Waals surface area contributed by atoms with E-state index >= 15 is 0 Å². The monoisotopic (exact) mass is 339 g/mol. The third-order valence-corrected chi connectivity index (χ3v) is 5.03. The second-order valence-corrected chi connectivity index (χ2v) is 7.01. The molecule has 0 atom stereocenters. The average molecular weight is 339 g/mol. The highest BCUT2D eigenvalue weighted by atomic mass is 15.3. The average Bonchev–Trinajstić information content (AvgIpc) is 2.67. The third-order valence-electron chi connectivity index (χ3n) is 5.03. The normalized spacial score (nSPS) is 15.4. The Morgan fingerprint density at radius 2 is 1.92 bits per heavy atom. The summed E-state index contributed by atoms with van der Waals surface area (Å²) in [6, 6.07) is 10.8. The number of hydrogen-bond acceptors (Lipinski definition) is 5. The maximum atomic E-state index is 4.74. The lowest BCUT2D eigenvalue weighted by atomic mass is 9.90. The number of benzene rings is 1. The Balaban J connectivity index is 1.55. The van der Waals surface area contributed by atoms with Gasteiger partial charge >= 0.3 is 0 Å². The highest BCUT2D eigenvalue weighted by Gasteiger charge is 2.21. The molecule has 2 heterocycles. The van der Waals surface area contributed by atoms with Crippen LogP contribution in [0.4, 0.5) is 11.8 Å². The van der Waals surface area contributed by atoms with Crippen LogP contribution >= 0.6 is 0 Å². The lowest BCUT2D eigenvalue weighted by molar-refractivity contribution is 0.402. The Kier molecular flexibility index (Phi) is 6.20. The van der Waals surface area contributed by atoms with Crippen LogP contribution in [-0.4, -0.2) is 41.9 Å². The van der Waals surface area contributed by atoms with Crippen LogP contribution in [0, 0.1) is 5.92 Å². The van der Waals surface area contributed by atoms with E-state index in [2.05, 4.69) is 57.3 Å². The van der Waals surface area contributed by atoms with Crippen molar-refractivity contribution in [2.45, 2.75) is 39.0 Å². The van der Waals surface area contributed by atoms with Crippen molar-refractivity contribution in [3.63, 3.8) is 0 Å². The molecular formula is C20H29N5. The minimum Gasteiger partial charge on any atom is -0.355 e. The molecule has 0 N–H and O–H groups in total. The SMILES string of the molecule is CCCCN(C)c1nncc(N2CCC(Cc3ccccc3)CC2)n1. The van der Waals surface area contributed by atoms with Crippen LogP contribution in [0.3, 0.4) is 0 Å². The molecule has 1 aliphatic heterocycles. The van der Waals surface area contributed by atoms with E-state index in [1.807, 2.05) is 7.05 Å². The van der Waals surface area contributed by atoms with Crippen LogP contribution < -0.4 is 9.80 Å². The second kappa shape index (κ2) is 8.79. The molecule has 0 unspecified atom stereocenters. The van der Waals surface area contributed by atoms with Gasteiger partial charge in [0.15, 0.2) is 5.82 Å². The summed E-state index contributed by atoms with van der Waals surface area (Å²) < 4.78 is 0. The van der Waals surface area contributed by atoms with E-state index in [0.29, 0.717) is 0 Å². The molecule has 5 nitrogen and oxygen atoms in total. The minimum absolute atomic E-state index is 0.734. The molecule has 25 heavy (non-hydrogen) atoms. The summed E-state index contributed by atoms with van der Waals surface area (Å²) in [7, 11) is 2.04. The number of unbranched alkanes of at least 4 members (excludes halogenated alkanes) is 1. The predicted octanol–water partition coefficient (Wildman–Crippen LogP) is 3.57. The van der Waals surface area contributed by atoms with E-state index in [-0.39, 0.29) is 0 Å². The Bertz CT molecular complexity index is 638. The fourth-order valence-corrected chi connectivity index (χ4v) is 3.41. The van der Waals surface area contributed by atoms with Gasteiger partial charge in [0.1, 0.15) is 0 Å². The maximum Gasteiger partial charge on any atom is 0.247 e. The summed E-state index contributed by atoms with van der Waals surface area (Å²) in [6.45, 7) is 5.27. The van der Waals surface area contributed by atoms with Gasteiger partial charge in [-0.3, -0.25) is 0 Å². The molecule has 1 aromatic carbocycles. The van der Waals surface area contributed by atoms with Gasteiger partial charge in [-0.05, 0) is 37.2 Å². The Morgan fingerprint density at radius 3 is 2.64 bits per heavy atom. The zero-order valence-corrected chi connectivity index (χ0v) is 15.4. The van der Waals surface area contributed by atoms with E-state index in [0.717, 1.165) is 43.7 Å². The molecule has 1 aliphatic rings. The molecule has 5 heteroatoms. The summed E-state index contributed by atoms with van der Waals surface area (Å²) >= 11 is 0. The van der Waals surface area contributed by atoms with Gasteiger partial charge in [-0.2, -0.15) is 10.1 Å². The van der Waals surface area contributed by atoms with Gasteiger partial charge < -0.3 is 9.80 Å². The highest BCUT2D eigenvalue weighted by molar-refractivity contribution is 5.41. The Hall–Kier alpha value is -2.17. The van der Waals surface area contributed by atoms with E-state index in [1.54, 1.807) is 6.20 Å². The van der Waals surface area contributed by atoms with E-state index < -0.39 is 0 Å². The molecule has 1 aromatic heterocycles. The van der Waals surface area contributed by atoms with Crippen molar-refractivity contribution >= 4 is 11.8 Å². The molecule has 2 aromatic rings. The van der Waals surface area contributed by atoms with Crippen molar-refractivity contribution in [2.24, 2.45) is 5.92 Å². The first-order valence-electron chi connectivity index (χ1n) is 9.46. The number of rotatable bonds is 7. The molecule has 1 fully saturated rings. The van der Waals surface area contributed by atoms with Crippen molar-refractivity contribution < 1.29 is 0 Å². The smallest absolute Gasteiger partial charge is 0.247 e. The van der Waals surface area contributed by atoms with Crippen LogP contribution in [0.2, 0.25) is 0 Å². The molecule has 0 saturated carbocycles. The lowest BCUT2D eigenvalue weighted by Gasteiger charge is -2.33. The van der Waals surface area contributed by atoms with E-state index in [9.17, 15) is 0 Å². The molecule has 0 bridgehead atoms. The zero-order valence-electron chi connectivity index (χ0n) is 15.4. The molecule has 1 saturated heterocycles. The zero-order chi connectivity index (χ0) is 17.5. The number of nitrogens with zero attached hydrogens (tertiary/aromatic N) is 5. The van der Waals surface area contributed by atoms with Crippen LogP contribution in [0.15, 0.2) is 36.5 Å². The number of anilines is 2. The fraction of sp³-hybridized carbons (Fsp3) is 0.550. The standard InChI is InChI=1S/C20H29N5/c1-3-4-12-24(2)20-22-19(16-21-23-20)25-13-10-18(11-14-25)15-17-8-6-5-7-9-17/h5-9,16,18H,3-4,10-15H2,1-2H3. The first-order valence-corrected chi connectivity index (χ1v) is 9.46. The second-order valence-electron chi connectivity index (χ2n) is 7.01. The fourth-order valence-electron chi connectivity index (χ4n) is 3.41.